The van der Waals surface area contributed by atoms with E-state index >= 15 is 0 Å². The van der Waals surface area contributed by atoms with Crippen LogP contribution < -0.4 is 22.9 Å². The number of hydrogen-bond acceptors (Lipinski definition) is 8. The lowest BCUT2D eigenvalue weighted by Gasteiger charge is -2.26. The van der Waals surface area contributed by atoms with Gasteiger partial charge in [0.05, 0.1) is 24.7 Å². The molecule has 12 N–H and O–H groups in total. The van der Waals surface area contributed by atoms with E-state index in [0.29, 0.717) is 0 Å². The Balaban J connectivity index is 0.00000108. The number of carboxylic acids is 4. The van der Waals surface area contributed by atoms with E-state index in [4.69, 9.17) is 43.4 Å². The number of aliphatic carboxylic acids is 4. The normalized spacial score (nSPS) is 22.4. The van der Waals surface area contributed by atoms with Gasteiger partial charge in [-0.3, -0.25) is 19.2 Å². The highest BCUT2D eigenvalue weighted by atomic mass is 16.4. The van der Waals surface area contributed by atoms with Crippen molar-refractivity contribution in [3.63, 3.8) is 0 Å². The van der Waals surface area contributed by atoms with E-state index < -0.39 is 48.6 Å². The Hall–Kier alpha value is -2.28. The third-order valence-electron chi connectivity index (χ3n) is 20.4. The van der Waals surface area contributed by atoms with Gasteiger partial charge >= 0.3 is 23.9 Å². The highest BCUT2D eigenvalue weighted by Gasteiger charge is 2.37. The number of carbonyl (C=O) groups is 4. The molecule has 4 rings (SSSR count). The SMILES string of the molecule is CC1CCCC(CCCCCCCCCCN)C1.CC1CCCC(CCCCCCCCCCN)C1.CC1CCCC(CCCCCCCCCCN)C1.CC1CCCC(CCCCCCCCCCN)C1.O=C(O)CC(C(=O)O)C(CC(=O)O)C(=O)O. The van der Waals surface area contributed by atoms with Crippen LogP contribution in [-0.2, 0) is 19.2 Å². The molecule has 0 saturated heterocycles. The van der Waals surface area contributed by atoms with E-state index in [-0.39, 0.29) is 0 Å². The van der Waals surface area contributed by atoms with Gasteiger partial charge in [-0.05, 0) is 125 Å². The minimum atomic E-state index is -1.76. The van der Waals surface area contributed by atoms with Crippen LogP contribution in [0.2, 0.25) is 0 Å². The van der Waals surface area contributed by atoms with Crippen LogP contribution in [0.25, 0.3) is 0 Å². The highest BCUT2D eigenvalue weighted by molar-refractivity contribution is 5.86. The fraction of sp³-hybridized carbons (Fsp3) is 0.947. The summed E-state index contributed by atoms with van der Waals surface area (Å²) in [5, 5.41) is 34.1. The zero-order valence-electron chi connectivity index (χ0n) is 58.5. The molecule has 4 aliphatic rings. The molecule has 12 heteroatoms. The van der Waals surface area contributed by atoms with Gasteiger partial charge in [-0.1, -0.05) is 310 Å². The maximum absolute atomic E-state index is 10.6. The van der Waals surface area contributed by atoms with Crippen LogP contribution in [-0.4, -0.2) is 70.5 Å². The second-order valence-corrected chi connectivity index (χ2v) is 29.3. The number of hydrogen-bond donors (Lipinski definition) is 8. The van der Waals surface area contributed by atoms with E-state index in [1.165, 1.54) is 334 Å². The Bertz CT molecular complexity index is 1380. The van der Waals surface area contributed by atoms with Gasteiger partial charge in [0.1, 0.15) is 0 Å². The lowest BCUT2D eigenvalue weighted by atomic mass is 9.80. The number of rotatable bonds is 47. The number of unbranched alkanes of at least 4 members (excludes halogenated alkanes) is 28. The number of carboxylic acid groups (broad SMARTS) is 4. The van der Waals surface area contributed by atoms with E-state index in [9.17, 15) is 19.2 Å². The molecule has 0 bridgehead atoms. The van der Waals surface area contributed by atoms with Crippen molar-refractivity contribution in [1.82, 2.24) is 0 Å². The highest BCUT2D eigenvalue weighted by Crippen LogP contribution is 2.35. The van der Waals surface area contributed by atoms with Crippen molar-refractivity contribution >= 4 is 23.9 Å². The fourth-order valence-corrected chi connectivity index (χ4v) is 15.0. The van der Waals surface area contributed by atoms with E-state index in [1.807, 2.05) is 0 Å². The Labute approximate surface area is 543 Å². The monoisotopic (exact) mass is 1250 g/mol. The average Bonchev–Trinajstić information content (AvgIpc) is 3.65. The van der Waals surface area contributed by atoms with Crippen LogP contribution in [0.15, 0.2) is 0 Å². The quantitative estimate of drug-likeness (QED) is 0.0265. The van der Waals surface area contributed by atoms with Gasteiger partial charge in [0.15, 0.2) is 0 Å². The maximum Gasteiger partial charge on any atom is 0.307 e. The molecule has 0 radical (unpaired) electrons. The Morgan fingerprint density at radius 1 is 0.284 bits per heavy atom. The zero-order valence-corrected chi connectivity index (χ0v) is 58.5. The van der Waals surface area contributed by atoms with Gasteiger partial charge in [-0.15, -0.1) is 0 Å². The minimum absolute atomic E-state index is 0.875. The summed E-state index contributed by atoms with van der Waals surface area (Å²) in [7, 11) is 0. The summed E-state index contributed by atoms with van der Waals surface area (Å²) in [6, 6.07) is 0. The fourth-order valence-electron chi connectivity index (χ4n) is 15.0. The molecule has 4 aliphatic carbocycles. The molecule has 0 spiro atoms. The summed E-state index contributed by atoms with van der Waals surface area (Å²) in [4.78, 5) is 41.9. The summed E-state index contributed by atoms with van der Waals surface area (Å²) >= 11 is 0. The molecule has 0 aliphatic heterocycles. The Kier molecular flexibility index (Phi) is 60.6. The van der Waals surface area contributed by atoms with E-state index in [2.05, 4.69) is 27.7 Å². The van der Waals surface area contributed by atoms with Crippen LogP contribution in [0.3, 0.4) is 0 Å². The molecular formula is C76H150N4O8. The van der Waals surface area contributed by atoms with Crippen molar-refractivity contribution in [1.29, 1.82) is 0 Å². The molecule has 88 heavy (non-hydrogen) atoms. The van der Waals surface area contributed by atoms with Crippen molar-refractivity contribution in [3.05, 3.63) is 0 Å². The van der Waals surface area contributed by atoms with Gasteiger partial charge in [-0.2, -0.15) is 0 Å². The van der Waals surface area contributed by atoms with Crippen LogP contribution >= 0.6 is 0 Å². The van der Waals surface area contributed by atoms with Crippen molar-refractivity contribution in [3.8, 4) is 0 Å². The maximum atomic E-state index is 10.6. The lowest BCUT2D eigenvalue weighted by Crippen LogP contribution is -2.33. The number of nitrogens with two attached hydrogens (primary N) is 4. The predicted molar refractivity (Wildman–Crippen MR) is 374 cm³/mol. The van der Waals surface area contributed by atoms with Crippen LogP contribution in [0.4, 0.5) is 0 Å². The Morgan fingerprint density at radius 3 is 0.602 bits per heavy atom. The molecule has 0 amide bonds. The molecule has 0 aromatic heterocycles. The molecule has 12 nitrogen and oxygen atoms in total. The van der Waals surface area contributed by atoms with Gasteiger partial charge in [0.25, 0.3) is 0 Å². The van der Waals surface area contributed by atoms with E-state index in [1.54, 1.807) is 0 Å². The Morgan fingerprint density at radius 2 is 0.455 bits per heavy atom. The third-order valence-corrected chi connectivity index (χ3v) is 20.4. The molecular weight excluding hydrogens is 1100 g/mol. The summed E-state index contributed by atoms with van der Waals surface area (Å²) < 4.78 is 0. The zero-order chi connectivity index (χ0) is 65.1. The van der Waals surface area contributed by atoms with E-state index in [0.717, 1.165) is 73.5 Å². The smallest absolute Gasteiger partial charge is 0.307 e. The first-order valence-electron chi connectivity index (χ1n) is 38.3. The van der Waals surface area contributed by atoms with Gasteiger partial charge in [-0.25, -0.2) is 0 Å². The molecule has 10 atom stereocenters. The molecule has 4 saturated carbocycles. The first-order valence-corrected chi connectivity index (χ1v) is 38.3. The van der Waals surface area contributed by atoms with Gasteiger partial charge in [0.2, 0.25) is 0 Å². The summed E-state index contributed by atoms with van der Waals surface area (Å²) in [5.74, 6) is -1.50. The minimum Gasteiger partial charge on any atom is -0.481 e. The van der Waals surface area contributed by atoms with Crippen LogP contribution in [0, 0.1) is 59.2 Å². The third kappa shape index (κ3) is 55.4. The second-order valence-electron chi connectivity index (χ2n) is 29.3. The van der Waals surface area contributed by atoms with Crippen molar-refractivity contribution in [2.75, 3.05) is 26.2 Å². The molecule has 10 unspecified atom stereocenters. The summed E-state index contributed by atoms with van der Waals surface area (Å²) in [6.07, 6.45) is 73.3. The van der Waals surface area contributed by atoms with Crippen molar-refractivity contribution < 1.29 is 39.6 Å². The summed E-state index contributed by atoms with van der Waals surface area (Å²) in [5.41, 5.74) is 22.0. The predicted octanol–water partition coefficient (Wildman–Crippen LogP) is 20.5. The second kappa shape index (κ2) is 62.2. The standard InChI is InChI=1S/4C17H35N.C8H10O8/c4*1-16-11-10-13-17(15-16)12-8-6-4-2-3-5-7-9-14-18;9-5(10)1-3(7(13)14)4(8(15)16)2-6(11)12/h4*16-17H,2-15,18H2,1H3;3-4H,1-2H2,(H,9,10)(H,11,12)(H,13,14)(H,15,16). The van der Waals surface area contributed by atoms with Gasteiger partial charge in [0, 0.05) is 0 Å². The molecule has 4 fully saturated rings. The van der Waals surface area contributed by atoms with Crippen molar-refractivity contribution in [2.24, 2.45) is 82.1 Å². The van der Waals surface area contributed by atoms with Crippen LogP contribution in [0.1, 0.15) is 374 Å². The van der Waals surface area contributed by atoms with Gasteiger partial charge < -0.3 is 43.4 Å². The molecule has 0 aromatic rings. The lowest BCUT2D eigenvalue weighted by molar-refractivity contribution is -0.160. The first kappa shape index (κ1) is 85.7. The largest absolute Gasteiger partial charge is 0.481 e. The molecule has 0 heterocycles. The van der Waals surface area contributed by atoms with Crippen molar-refractivity contribution in [2.45, 2.75) is 374 Å². The molecule has 522 valence electrons. The first-order chi connectivity index (χ1) is 42.6. The molecule has 0 aromatic carbocycles. The average molecular weight is 1250 g/mol. The topological polar surface area (TPSA) is 253 Å². The van der Waals surface area contributed by atoms with Crippen LogP contribution in [0.5, 0.6) is 0 Å². The summed E-state index contributed by atoms with van der Waals surface area (Å²) in [6.45, 7) is 13.3.